The number of ketones is 2. The van der Waals surface area contributed by atoms with E-state index in [9.17, 15) is 14.4 Å². The first-order valence-corrected chi connectivity index (χ1v) is 12.6. The number of halogens is 1. The number of rotatable bonds is 10. The molecule has 1 heterocycles. The second kappa shape index (κ2) is 11.8. The normalized spacial score (nSPS) is 11.6. The lowest BCUT2D eigenvalue weighted by atomic mass is 9.90. The molecule has 0 fully saturated rings. The van der Waals surface area contributed by atoms with Crippen molar-refractivity contribution in [3.8, 4) is 0 Å². The van der Waals surface area contributed by atoms with Crippen LogP contribution in [0.2, 0.25) is 5.02 Å². The minimum Gasteiger partial charge on any atom is -0.348 e. The van der Waals surface area contributed by atoms with Gasteiger partial charge in [-0.05, 0) is 56.2 Å². The number of hydrogen-bond acceptors (Lipinski definition) is 3. The van der Waals surface area contributed by atoms with E-state index in [0.717, 1.165) is 23.4 Å². The lowest BCUT2D eigenvalue weighted by Gasteiger charge is -2.16. The number of hydrogen-bond donors (Lipinski definition) is 1. The van der Waals surface area contributed by atoms with Crippen LogP contribution in [0.3, 0.4) is 0 Å². The number of nitrogens with zero attached hydrogens (tertiary/aromatic N) is 1. The quantitative estimate of drug-likeness (QED) is 0.189. The summed E-state index contributed by atoms with van der Waals surface area (Å²) in [4.78, 5) is 40.1. The molecule has 4 rings (SSSR count). The first kappa shape index (κ1) is 26.1. The van der Waals surface area contributed by atoms with Crippen LogP contribution in [0.4, 0.5) is 5.69 Å². The van der Waals surface area contributed by atoms with E-state index in [4.69, 9.17) is 11.6 Å². The SMILES string of the molecule is Cc1cc(C(=O)C[C@H](C(=O)Nc2ccccc2)C(=O)c2ccccc2)c(C)n1CCc1ccc(Cl)cc1. The van der Waals surface area contributed by atoms with Gasteiger partial charge < -0.3 is 9.88 Å². The summed E-state index contributed by atoms with van der Waals surface area (Å²) < 4.78 is 2.10. The summed E-state index contributed by atoms with van der Waals surface area (Å²) in [6.07, 6.45) is 0.573. The van der Waals surface area contributed by atoms with Crippen LogP contribution in [0.1, 0.15) is 44.1 Å². The number of aryl methyl sites for hydroxylation is 2. The Morgan fingerprint density at radius 1 is 0.865 bits per heavy atom. The molecule has 1 aromatic heterocycles. The molecule has 1 amide bonds. The monoisotopic (exact) mass is 512 g/mol. The van der Waals surface area contributed by atoms with E-state index in [1.807, 2.05) is 50.2 Å². The van der Waals surface area contributed by atoms with Crippen LogP contribution < -0.4 is 5.32 Å². The highest BCUT2D eigenvalue weighted by molar-refractivity contribution is 6.30. The molecule has 0 spiro atoms. The maximum Gasteiger partial charge on any atom is 0.235 e. The Balaban J connectivity index is 1.55. The zero-order valence-corrected chi connectivity index (χ0v) is 21.7. The maximum atomic E-state index is 13.5. The molecule has 0 aliphatic rings. The lowest BCUT2D eigenvalue weighted by Crippen LogP contribution is -2.32. The maximum absolute atomic E-state index is 13.5. The number of Topliss-reactive ketones (excluding diaryl/α,β-unsaturated/α-hetero) is 2. The van der Waals surface area contributed by atoms with Gasteiger partial charge in [0.05, 0.1) is 0 Å². The van der Waals surface area contributed by atoms with Crippen molar-refractivity contribution in [3.05, 3.63) is 124 Å². The summed E-state index contributed by atoms with van der Waals surface area (Å²) in [6.45, 7) is 4.56. The fraction of sp³-hybridized carbons (Fsp3) is 0.194. The number of anilines is 1. The Morgan fingerprint density at radius 3 is 2.14 bits per heavy atom. The number of benzene rings is 3. The summed E-state index contributed by atoms with van der Waals surface area (Å²) in [5, 5.41) is 3.49. The number of nitrogens with one attached hydrogen (secondary N) is 1. The van der Waals surface area contributed by atoms with Crippen LogP contribution in [-0.4, -0.2) is 22.0 Å². The standard InChI is InChI=1S/C31H29ClN2O3/c1-21-19-27(22(2)34(21)18-17-23-13-15-25(32)16-14-23)29(35)20-28(30(36)24-9-5-3-6-10-24)31(37)33-26-11-7-4-8-12-26/h3-16,19,28H,17-18,20H2,1-2H3,(H,33,37)/t28-/m0/s1. The Morgan fingerprint density at radius 2 is 1.49 bits per heavy atom. The van der Waals surface area contributed by atoms with Crippen molar-refractivity contribution in [1.29, 1.82) is 0 Å². The summed E-state index contributed by atoms with van der Waals surface area (Å²) in [5.74, 6) is -2.25. The third-order valence-corrected chi connectivity index (χ3v) is 6.79. The first-order valence-electron chi connectivity index (χ1n) is 12.2. The highest BCUT2D eigenvalue weighted by atomic mass is 35.5. The van der Waals surface area contributed by atoms with Gasteiger partial charge in [-0.2, -0.15) is 0 Å². The van der Waals surface area contributed by atoms with Gasteiger partial charge in [0.2, 0.25) is 5.91 Å². The Hall–Kier alpha value is -3.96. The summed E-state index contributed by atoms with van der Waals surface area (Å²) >= 11 is 5.99. The van der Waals surface area contributed by atoms with E-state index in [-0.39, 0.29) is 18.0 Å². The van der Waals surface area contributed by atoms with Gasteiger partial charge in [-0.1, -0.05) is 72.3 Å². The molecular formula is C31H29ClN2O3. The molecule has 0 aliphatic heterocycles. The van der Waals surface area contributed by atoms with Crippen LogP contribution in [0.25, 0.3) is 0 Å². The molecule has 0 aliphatic carbocycles. The summed E-state index contributed by atoms with van der Waals surface area (Å²) in [6, 6.07) is 27.1. The number of carbonyl (C=O) groups is 3. The van der Waals surface area contributed by atoms with Crippen LogP contribution in [0.15, 0.2) is 91.0 Å². The van der Waals surface area contributed by atoms with E-state index in [1.165, 1.54) is 0 Å². The van der Waals surface area contributed by atoms with Crippen LogP contribution in [0, 0.1) is 19.8 Å². The molecule has 0 saturated heterocycles. The van der Waals surface area contributed by atoms with Crippen molar-refractivity contribution < 1.29 is 14.4 Å². The number of aromatic nitrogens is 1. The average Bonchev–Trinajstić information content (AvgIpc) is 3.20. The van der Waals surface area contributed by atoms with Gasteiger partial charge in [0.1, 0.15) is 5.92 Å². The molecule has 6 heteroatoms. The molecule has 0 radical (unpaired) electrons. The average molecular weight is 513 g/mol. The minimum absolute atomic E-state index is 0.214. The highest BCUT2D eigenvalue weighted by Gasteiger charge is 2.31. The van der Waals surface area contributed by atoms with Crippen molar-refractivity contribution in [2.24, 2.45) is 5.92 Å². The largest absolute Gasteiger partial charge is 0.348 e. The van der Waals surface area contributed by atoms with Crippen molar-refractivity contribution in [2.45, 2.75) is 33.2 Å². The predicted molar refractivity (Wildman–Crippen MR) is 147 cm³/mol. The van der Waals surface area contributed by atoms with Crippen molar-refractivity contribution in [2.75, 3.05) is 5.32 Å². The van der Waals surface area contributed by atoms with Gasteiger partial charge in [-0.3, -0.25) is 14.4 Å². The molecule has 0 saturated carbocycles. The second-order valence-electron chi connectivity index (χ2n) is 9.08. The minimum atomic E-state index is -1.15. The van der Waals surface area contributed by atoms with Crippen molar-refractivity contribution in [1.82, 2.24) is 4.57 Å². The van der Waals surface area contributed by atoms with Gasteiger partial charge in [0, 0.05) is 46.2 Å². The summed E-state index contributed by atoms with van der Waals surface area (Å²) in [5.41, 5.74) is 4.44. The zero-order valence-electron chi connectivity index (χ0n) is 20.9. The highest BCUT2D eigenvalue weighted by Crippen LogP contribution is 2.23. The molecule has 1 N–H and O–H groups in total. The lowest BCUT2D eigenvalue weighted by molar-refractivity contribution is -0.118. The van der Waals surface area contributed by atoms with Gasteiger partial charge in [-0.25, -0.2) is 0 Å². The molecule has 188 valence electrons. The molecular weight excluding hydrogens is 484 g/mol. The third kappa shape index (κ3) is 6.43. The van der Waals surface area contributed by atoms with Crippen LogP contribution in [-0.2, 0) is 17.8 Å². The van der Waals surface area contributed by atoms with E-state index >= 15 is 0 Å². The van der Waals surface area contributed by atoms with E-state index < -0.39 is 11.8 Å². The molecule has 37 heavy (non-hydrogen) atoms. The number of amides is 1. The van der Waals surface area contributed by atoms with E-state index in [2.05, 4.69) is 9.88 Å². The molecule has 4 aromatic rings. The Kier molecular flexibility index (Phi) is 8.36. The predicted octanol–water partition coefficient (Wildman–Crippen LogP) is 6.71. The van der Waals surface area contributed by atoms with Crippen molar-refractivity contribution in [3.63, 3.8) is 0 Å². The molecule has 1 atom stereocenters. The molecule has 0 unspecified atom stereocenters. The van der Waals surface area contributed by atoms with Crippen LogP contribution >= 0.6 is 11.6 Å². The Labute approximate surface area is 222 Å². The fourth-order valence-corrected chi connectivity index (χ4v) is 4.60. The number of carbonyl (C=O) groups excluding carboxylic acids is 3. The van der Waals surface area contributed by atoms with Crippen LogP contribution in [0.5, 0.6) is 0 Å². The van der Waals surface area contributed by atoms with Gasteiger partial charge in [0.15, 0.2) is 11.6 Å². The molecule has 0 bridgehead atoms. The smallest absolute Gasteiger partial charge is 0.235 e. The Bertz CT molecular complexity index is 1390. The summed E-state index contributed by atoms with van der Waals surface area (Å²) in [7, 11) is 0. The number of para-hydroxylation sites is 1. The van der Waals surface area contributed by atoms with E-state index in [1.54, 1.807) is 54.6 Å². The van der Waals surface area contributed by atoms with Gasteiger partial charge >= 0.3 is 0 Å². The topological polar surface area (TPSA) is 68.2 Å². The van der Waals surface area contributed by atoms with Crippen molar-refractivity contribution >= 4 is 34.8 Å². The zero-order chi connectivity index (χ0) is 26.4. The molecule has 3 aromatic carbocycles. The van der Waals surface area contributed by atoms with E-state index in [0.29, 0.717) is 28.4 Å². The third-order valence-electron chi connectivity index (χ3n) is 6.53. The van der Waals surface area contributed by atoms with Gasteiger partial charge in [0.25, 0.3) is 0 Å². The second-order valence-corrected chi connectivity index (χ2v) is 9.51. The fourth-order valence-electron chi connectivity index (χ4n) is 4.47. The van der Waals surface area contributed by atoms with Gasteiger partial charge in [-0.15, -0.1) is 0 Å². The molecule has 5 nitrogen and oxygen atoms in total. The first-order chi connectivity index (χ1) is 17.8.